The van der Waals surface area contributed by atoms with Crippen LogP contribution in [0.1, 0.15) is 65.5 Å². The number of para-hydroxylation sites is 1. The first kappa shape index (κ1) is 29.1. The smallest absolute Gasteiger partial charge is 0.337 e. The van der Waals surface area contributed by atoms with Crippen molar-refractivity contribution in [1.29, 1.82) is 0 Å². The van der Waals surface area contributed by atoms with Gasteiger partial charge >= 0.3 is 5.97 Å². The Morgan fingerprint density at radius 3 is 2.26 bits per heavy atom. The number of hydrogen-bond donors (Lipinski definition) is 2. The second-order valence-electron chi connectivity index (χ2n) is 11.2. The largest absolute Gasteiger partial charge is 0.478 e. The molecule has 0 aliphatic carbocycles. The fourth-order valence-electron chi connectivity index (χ4n) is 5.82. The lowest BCUT2D eigenvalue weighted by Gasteiger charge is -2.37. The van der Waals surface area contributed by atoms with Crippen molar-refractivity contribution in [1.82, 2.24) is 9.80 Å². The number of aryl methyl sites for hydroxylation is 1. The average Bonchev–Trinajstić information content (AvgIpc) is 2.98. The van der Waals surface area contributed by atoms with Crippen LogP contribution in [0.15, 0.2) is 69.9 Å². The van der Waals surface area contributed by atoms with E-state index in [0.29, 0.717) is 28.0 Å². The molecule has 4 aromatic rings. The average molecular weight is 568 g/mol. The third kappa shape index (κ3) is 5.67. The second kappa shape index (κ2) is 11.8. The second-order valence-corrected chi connectivity index (χ2v) is 11.2. The van der Waals surface area contributed by atoms with Crippen molar-refractivity contribution in [2.45, 2.75) is 46.7 Å². The first-order chi connectivity index (χ1) is 20.0. The zero-order valence-electron chi connectivity index (χ0n) is 24.7. The Labute approximate surface area is 245 Å². The highest BCUT2D eigenvalue weighted by molar-refractivity contribution is 5.94. The quantitative estimate of drug-likeness (QED) is 0.275. The number of hydrogen-bond acceptors (Lipinski definition) is 6. The number of rotatable bonds is 7. The molecule has 1 aromatic heterocycles. The van der Waals surface area contributed by atoms with Crippen LogP contribution in [0.3, 0.4) is 0 Å². The molecular formula is C34H37N3O5. The lowest BCUT2D eigenvalue weighted by Crippen LogP contribution is -2.48. The maximum absolute atomic E-state index is 13.6. The molecule has 1 saturated heterocycles. The van der Waals surface area contributed by atoms with Gasteiger partial charge in [-0.1, -0.05) is 42.5 Å². The van der Waals surface area contributed by atoms with Crippen LogP contribution in [0, 0.1) is 13.8 Å². The van der Waals surface area contributed by atoms with Gasteiger partial charge < -0.3 is 19.7 Å². The maximum atomic E-state index is 13.6. The molecule has 3 aromatic carbocycles. The molecule has 0 spiro atoms. The number of fused-ring (bicyclic) bond motifs is 1. The normalized spacial score (nSPS) is 15.4. The number of carbonyl (C=O) groups excluding carboxylic acids is 1. The van der Waals surface area contributed by atoms with E-state index in [1.165, 1.54) is 0 Å². The summed E-state index contributed by atoms with van der Waals surface area (Å²) in [6, 6.07) is 18.6. The third-order valence-corrected chi connectivity index (χ3v) is 8.35. The Morgan fingerprint density at radius 1 is 0.952 bits per heavy atom. The van der Waals surface area contributed by atoms with E-state index in [9.17, 15) is 19.5 Å². The van der Waals surface area contributed by atoms with E-state index in [2.05, 4.69) is 29.3 Å². The lowest BCUT2D eigenvalue weighted by molar-refractivity contribution is -0.130. The molecule has 0 unspecified atom stereocenters. The Hall–Kier alpha value is -4.43. The molecule has 8 heteroatoms. The van der Waals surface area contributed by atoms with E-state index in [-0.39, 0.29) is 29.0 Å². The first-order valence-corrected chi connectivity index (χ1v) is 14.3. The third-order valence-electron chi connectivity index (χ3n) is 8.35. The summed E-state index contributed by atoms with van der Waals surface area (Å²) in [6.07, 6.45) is 0. The van der Waals surface area contributed by atoms with Crippen LogP contribution in [0.2, 0.25) is 0 Å². The molecule has 2 N–H and O–H groups in total. The lowest BCUT2D eigenvalue weighted by atomic mass is 9.97. The molecule has 2 heterocycles. The fourth-order valence-corrected chi connectivity index (χ4v) is 5.82. The number of anilines is 1. The summed E-state index contributed by atoms with van der Waals surface area (Å²) >= 11 is 0. The van der Waals surface area contributed by atoms with Crippen molar-refractivity contribution >= 4 is 28.5 Å². The van der Waals surface area contributed by atoms with Crippen molar-refractivity contribution < 1.29 is 19.1 Å². The molecule has 1 aliphatic rings. The first-order valence-electron chi connectivity index (χ1n) is 14.3. The summed E-state index contributed by atoms with van der Waals surface area (Å²) in [5.74, 6) is -0.377. The van der Waals surface area contributed by atoms with Crippen LogP contribution in [-0.2, 0) is 4.79 Å². The number of nitrogens with one attached hydrogen (secondary N) is 1. The van der Waals surface area contributed by atoms with Gasteiger partial charge in [0.1, 0.15) is 11.3 Å². The molecule has 0 bridgehead atoms. The minimum absolute atomic E-state index is 0.0878. The maximum Gasteiger partial charge on any atom is 0.337 e. The van der Waals surface area contributed by atoms with Crippen molar-refractivity contribution in [3.8, 4) is 11.3 Å². The van der Waals surface area contributed by atoms with E-state index in [1.807, 2.05) is 43.0 Å². The molecule has 42 heavy (non-hydrogen) atoms. The summed E-state index contributed by atoms with van der Waals surface area (Å²) in [6.45, 7) is 12.6. The predicted octanol–water partition coefficient (Wildman–Crippen LogP) is 6.17. The van der Waals surface area contributed by atoms with Gasteiger partial charge in [-0.25, -0.2) is 4.79 Å². The standard InChI is InChI=1S/C34H37N3O5/c1-20-18-28(22(3)35-30-9-7-6-8-27(30)34(40)41)33-29(19-20)31(39)21(2)32(42-33)26-12-10-25(11-13-26)23(4)36-14-16-37(17-15-36)24(5)38/h6-13,18-19,22-23,35H,14-17H2,1-5H3,(H,40,41)/t22-,23-/m1/s1. The predicted molar refractivity (Wildman–Crippen MR) is 165 cm³/mol. The highest BCUT2D eigenvalue weighted by Gasteiger charge is 2.24. The molecule has 1 aliphatic heterocycles. The summed E-state index contributed by atoms with van der Waals surface area (Å²) in [5.41, 5.74) is 5.27. The number of amides is 1. The van der Waals surface area contributed by atoms with E-state index in [1.54, 1.807) is 38.1 Å². The number of aromatic carboxylic acids is 1. The SMILES string of the molecule is CC(=O)N1CCN([C@H](C)c2ccc(-c3oc4c([C@@H](C)Nc5ccccc5C(=O)O)cc(C)cc4c(=O)c3C)cc2)CC1. The van der Waals surface area contributed by atoms with Gasteiger partial charge in [0.2, 0.25) is 5.91 Å². The zero-order valence-corrected chi connectivity index (χ0v) is 24.7. The van der Waals surface area contributed by atoms with Gasteiger partial charge in [-0.15, -0.1) is 0 Å². The molecule has 1 fully saturated rings. The van der Waals surface area contributed by atoms with Crippen molar-refractivity contribution in [3.05, 3.63) is 98.7 Å². The van der Waals surface area contributed by atoms with Crippen LogP contribution in [-0.4, -0.2) is 53.0 Å². The van der Waals surface area contributed by atoms with E-state index < -0.39 is 5.97 Å². The van der Waals surface area contributed by atoms with E-state index in [4.69, 9.17) is 4.42 Å². The van der Waals surface area contributed by atoms with Gasteiger partial charge in [-0.05, 0) is 57.0 Å². The van der Waals surface area contributed by atoms with Gasteiger partial charge in [0.25, 0.3) is 0 Å². The van der Waals surface area contributed by atoms with E-state index >= 15 is 0 Å². The Balaban J connectivity index is 1.47. The number of carbonyl (C=O) groups is 2. The molecule has 218 valence electrons. The monoisotopic (exact) mass is 567 g/mol. The van der Waals surface area contributed by atoms with Crippen LogP contribution in [0.25, 0.3) is 22.3 Å². The van der Waals surface area contributed by atoms with Crippen LogP contribution < -0.4 is 10.7 Å². The summed E-state index contributed by atoms with van der Waals surface area (Å²) < 4.78 is 6.53. The number of nitrogens with zero attached hydrogens (tertiary/aromatic N) is 2. The molecule has 8 nitrogen and oxygen atoms in total. The molecular weight excluding hydrogens is 530 g/mol. The van der Waals surface area contributed by atoms with Gasteiger partial charge in [-0.2, -0.15) is 0 Å². The van der Waals surface area contributed by atoms with Crippen molar-refractivity contribution in [2.24, 2.45) is 0 Å². The Bertz CT molecular complexity index is 1700. The molecule has 0 saturated carbocycles. The van der Waals surface area contributed by atoms with E-state index in [0.717, 1.165) is 48.4 Å². The van der Waals surface area contributed by atoms with Crippen LogP contribution >= 0.6 is 0 Å². The zero-order chi connectivity index (χ0) is 30.1. The summed E-state index contributed by atoms with van der Waals surface area (Å²) in [4.78, 5) is 41.3. The van der Waals surface area contributed by atoms with Crippen molar-refractivity contribution in [2.75, 3.05) is 31.5 Å². The van der Waals surface area contributed by atoms with Crippen LogP contribution in [0.5, 0.6) is 0 Å². The molecule has 0 radical (unpaired) electrons. The van der Waals surface area contributed by atoms with Gasteiger partial charge in [0, 0.05) is 61.5 Å². The highest BCUT2D eigenvalue weighted by Crippen LogP contribution is 2.33. The molecule has 1 amide bonds. The number of carboxylic acid groups (broad SMARTS) is 1. The van der Waals surface area contributed by atoms with Gasteiger partial charge in [0.05, 0.1) is 17.0 Å². The van der Waals surface area contributed by atoms with Gasteiger partial charge in [0.15, 0.2) is 5.43 Å². The minimum atomic E-state index is -1.01. The Kier molecular flexibility index (Phi) is 8.18. The minimum Gasteiger partial charge on any atom is -0.478 e. The van der Waals surface area contributed by atoms with Crippen molar-refractivity contribution in [3.63, 3.8) is 0 Å². The number of carboxylic acids is 1. The summed E-state index contributed by atoms with van der Waals surface area (Å²) in [5, 5.41) is 13.4. The molecule has 2 atom stereocenters. The van der Waals surface area contributed by atoms with Gasteiger partial charge in [-0.3, -0.25) is 14.5 Å². The molecule has 5 rings (SSSR count). The Morgan fingerprint density at radius 2 is 1.62 bits per heavy atom. The number of piperazine rings is 1. The highest BCUT2D eigenvalue weighted by atomic mass is 16.4. The number of benzene rings is 3. The van der Waals surface area contributed by atoms with Crippen LogP contribution in [0.4, 0.5) is 5.69 Å². The summed E-state index contributed by atoms with van der Waals surface area (Å²) in [7, 11) is 0. The fraction of sp³-hybridized carbons (Fsp3) is 0.324. The topological polar surface area (TPSA) is 103 Å².